The fourth-order valence-corrected chi connectivity index (χ4v) is 2.39. The lowest BCUT2D eigenvalue weighted by Crippen LogP contribution is -2.40. The Morgan fingerprint density at radius 3 is 3.05 bits per heavy atom. The van der Waals surface area contributed by atoms with Crippen LogP contribution in [0.5, 0.6) is 0 Å². The summed E-state index contributed by atoms with van der Waals surface area (Å²) >= 11 is 1.35. The molecule has 0 unspecified atom stereocenters. The van der Waals surface area contributed by atoms with Crippen LogP contribution in [0.2, 0.25) is 0 Å². The first-order valence-electron chi connectivity index (χ1n) is 5.77. The van der Waals surface area contributed by atoms with E-state index in [9.17, 15) is 9.59 Å². The van der Waals surface area contributed by atoms with Crippen molar-refractivity contribution in [2.45, 2.75) is 13.0 Å². The van der Waals surface area contributed by atoms with Gasteiger partial charge in [0.2, 0.25) is 0 Å². The molecule has 0 fully saturated rings. The minimum atomic E-state index is -0.345. The van der Waals surface area contributed by atoms with Crippen LogP contribution in [0.3, 0.4) is 0 Å². The van der Waals surface area contributed by atoms with Crippen LogP contribution in [0, 0.1) is 0 Å². The fraction of sp³-hybridized carbons (Fsp3) is 0.417. The highest BCUT2D eigenvalue weighted by Gasteiger charge is 2.21. The Labute approximate surface area is 114 Å². The number of ether oxygens (including phenoxy) is 1. The van der Waals surface area contributed by atoms with Gasteiger partial charge in [0.15, 0.2) is 4.96 Å². The van der Waals surface area contributed by atoms with Gasteiger partial charge in [-0.05, 0) is 6.92 Å². The maximum absolute atomic E-state index is 12.3. The average Bonchev–Trinajstić information content (AvgIpc) is 2.87. The molecule has 0 radical (unpaired) electrons. The molecule has 19 heavy (non-hydrogen) atoms. The number of thiazole rings is 1. The van der Waals surface area contributed by atoms with E-state index in [4.69, 9.17) is 4.74 Å². The molecule has 0 saturated heterocycles. The van der Waals surface area contributed by atoms with Gasteiger partial charge in [-0.25, -0.2) is 4.98 Å². The molecular weight excluding hydrogens is 266 g/mol. The van der Waals surface area contributed by atoms with E-state index in [0.29, 0.717) is 11.6 Å². The molecule has 2 rings (SSSR count). The van der Waals surface area contributed by atoms with Crippen molar-refractivity contribution in [1.29, 1.82) is 0 Å². The molecule has 7 heteroatoms. The monoisotopic (exact) mass is 281 g/mol. The van der Waals surface area contributed by atoms with E-state index in [0.717, 1.165) is 0 Å². The molecule has 102 valence electrons. The molecule has 6 nitrogen and oxygen atoms in total. The second-order valence-corrected chi connectivity index (χ2v) is 5.13. The quantitative estimate of drug-likeness (QED) is 0.834. The van der Waals surface area contributed by atoms with Crippen molar-refractivity contribution in [1.82, 2.24) is 14.3 Å². The summed E-state index contributed by atoms with van der Waals surface area (Å²) < 4.78 is 6.39. The maximum atomic E-state index is 12.3. The molecule has 1 atom stereocenters. The minimum absolute atomic E-state index is 0.0707. The lowest BCUT2D eigenvalue weighted by atomic mass is 10.2. The van der Waals surface area contributed by atoms with Crippen LogP contribution in [0.15, 0.2) is 22.6 Å². The molecule has 0 bridgehead atoms. The number of carbonyl (C=O) groups is 1. The zero-order valence-electron chi connectivity index (χ0n) is 11.0. The Morgan fingerprint density at radius 1 is 1.63 bits per heavy atom. The van der Waals surface area contributed by atoms with Gasteiger partial charge in [-0.2, -0.15) is 0 Å². The molecule has 2 aromatic rings. The van der Waals surface area contributed by atoms with Crippen LogP contribution in [0.4, 0.5) is 0 Å². The lowest BCUT2D eigenvalue weighted by molar-refractivity contribution is 0.0631. The fourth-order valence-electron chi connectivity index (χ4n) is 1.71. The predicted molar refractivity (Wildman–Crippen MR) is 72.8 cm³/mol. The van der Waals surface area contributed by atoms with Crippen LogP contribution in [0.1, 0.15) is 17.3 Å². The van der Waals surface area contributed by atoms with Crippen LogP contribution >= 0.6 is 11.3 Å². The van der Waals surface area contributed by atoms with E-state index in [-0.39, 0.29) is 23.1 Å². The summed E-state index contributed by atoms with van der Waals surface area (Å²) in [7, 11) is 3.22. The Balaban J connectivity index is 2.36. The van der Waals surface area contributed by atoms with Crippen molar-refractivity contribution in [2.75, 3.05) is 20.8 Å². The van der Waals surface area contributed by atoms with E-state index in [1.807, 2.05) is 6.92 Å². The number of nitrogens with zero attached hydrogens (tertiary/aromatic N) is 3. The minimum Gasteiger partial charge on any atom is -0.383 e. The lowest BCUT2D eigenvalue weighted by Gasteiger charge is -2.23. The Bertz CT molecular complexity index is 649. The smallest absolute Gasteiger partial charge is 0.271 e. The first kappa shape index (κ1) is 13.7. The van der Waals surface area contributed by atoms with Gasteiger partial charge in [0.1, 0.15) is 5.56 Å². The topological polar surface area (TPSA) is 63.9 Å². The molecule has 0 aliphatic carbocycles. The summed E-state index contributed by atoms with van der Waals surface area (Å²) in [5, 5.41) is 1.76. The van der Waals surface area contributed by atoms with E-state index >= 15 is 0 Å². The maximum Gasteiger partial charge on any atom is 0.271 e. The van der Waals surface area contributed by atoms with E-state index in [2.05, 4.69) is 4.98 Å². The van der Waals surface area contributed by atoms with Crippen molar-refractivity contribution in [3.8, 4) is 0 Å². The van der Waals surface area contributed by atoms with Crippen molar-refractivity contribution >= 4 is 22.2 Å². The second-order valence-electron chi connectivity index (χ2n) is 4.25. The zero-order chi connectivity index (χ0) is 14.0. The molecule has 2 heterocycles. The summed E-state index contributed by atoms with van der Waals surface area (Å²) in [4.78, 5) is 30.6. The number of rotatable bonds is 4. The largest absolute Gasteiger partial charge is 0.383 e. The number of likely N-dealkylation sites (N-methyl/N-ethyl adjacent to an activating group) is 1. The van der Waals surface area contributed by atoms with Crippen LogP contribution in [-0.2, 0) is 4.74 Å². The molecule has 0 N–H and O–H groups in total. The van der Waals surface area contributed by atoms with Gasteiger partial charge >= 0.3 is 0 Å². The van der Waals surface area contributed by atoms with E-state index in [1.54, 1.807) is 25.7 Å². The first-order valence-corrected chi connectivity index (χ1v) is 6.65. The van der Waals surface area contributed by atoms with E-state index in [1.165, 1.54) is 26.8 Å². The van der Waals surface area contributed by atoms with Crippen LogP contribution < -0.4 is 5.56 Å². The normalized spacial score (nSPS) is 12.6. The number of methoxy groups -OCH3 is 1. The summed E-state index contributed by atoms with van der Waals surface area (Å²) in [6.45, 7) is 2.27. The molecular formula is C12H15N3O3S. The number of carbonyl (C=O) groups excluding carboxylic acids is 1. The van der Waals surface area contributed by atoms with Crippen molar-refractivity contribution in [2.24, 2.45) is 0 Å². The van der Waals surface area contributed by atoms with Crippen LogP contribution in [0.25, 0.3) is 4.96 Å². The molecule has 0 aliphatic rings. The van der Waals surface area contributed by atoms with Gasteiger partial charge in [0.05, 0.1) is 12.6 Å². The third-order valence-electron chi connectivity index (χ3n) is 2.96. The summed E-state index contributed by atoms with van der Waals surface area (Å²) in [6.07, 6.45) is 2.96. The average molecular weight is 281 g/mol. The molecule has 0 aromatic carbocycles. The SMILES string of the molecule is COC[C@@H](C)N(C)C(=O)c1cnc2sccn2c1=O. The Hall–Kier alpha value is -1.73. The number of hydrogen-bond donors (Lipinski definition) is 0. The highest BCUT2D eigenvalue weighted by molar-refractivity contribution is 7.15. The van der Waals surface area contributed by atoms with Crippen LogP contribution in [-0.4, -0.2) is 47.0 Å². The molecule has 1 amide bonds. The van der Waals surface area contributed by atoms with Gasteiger partial charge < -0.3 is 9.64 Å². The highest BCUT2D eigenvalue weighted by Crippen LogP contribution is 2.08. The molecule has 0 spiro atoms. The van der Waals surface area contributed by atoms with Crippen molar-refractivity contribution < 1.29 is 9.53 Å². The number of amides is 1. The molecule has 0 saturated carbocycles. The third kappa shape index (κ3) is 2.52. The van der Waals surface area contributed by atoms with Crippen molar-refractivity contribution in [3.05, 3.63) is 33.7 Å². The predicted octanol–water partition coefficient (Wildman–Crippen LogP) is 0.863. The van der Waals surface area contributed by atoms with Gasteiger partial charge in [0.25, 0.3) is 11.5 Å². The Kier molecular flexibility index (Phi) is 3.96. The zero-order valence-corrected chi connectivity index (χ0v) is 11.8. The number of aromatic nitrogens is 2. The van der Waals surface area contributed by atoms with Gasteiger partial charge in [-0.3, -0.25) is 14.0 Å². The van der Waals surface area contributed by atoms with E-state index < -0.39 is 0 Å². The standard InChI is InChI=1S/C12H15N3O3S/c1-8(7-18-3)14(2)10(16)9-6-13-12-15(11(9)17)4-5-19-12/h4-6,8H,7H2,1-3H3/t8-/m1/s1. The molecule has 0 aliphatic heterocycles. The summed E-state index contributed by atoms with van der Waals surface area (Å²) in [6, 6.07) is -0.111. The summed E-state index contributed by atoms with van der Waals surface area (Å²) in [5.74, 6) is -0.345. The first-order chi connectivity index (χ1) is 9.06. The number of fused-ring (bicyclic) bond motifs is 1. The third-order valence-corrected chi connectivity index (χ3v) is 3.73. The second kappa shape index (κ2) is 5.50. The van der Waals surface area contributed by atoms with Gasteiger partial charge in [-0.15, -0.1) is 11.3 Å². The Morgan fingerprint density at radius 2 is 2.37 bits per heavy atom. The molecule has 2 aromatic heterocycles. The van der Waals surface area contributed by atoms with Gasteiger partial charge in [-0.1, -0.05) is 0 Å². The van der Waals surface area contributed by atoms with Gasteiger partial charge in [0, 0.05) is 31.9 Å². The van der Waals surface area contributed by atoms with Crippen molar-refractivity contribution in [3.63, 3.8) is 0 Å². The number of hydrogen-bond acceptors (Lipinski definition) is 5. The highest BCUT2D eigenvalue weighted by atomic mass is 32.1. The summed E-state index contributed by atoms with van der Waals surface area (Å²) in [5.41, 5.74) is -0.269.